The second kappa shape index (κ2) is 9.80. The summed E-state index contributed by atoms with van der Waals surface area (Å²) in [6, 6.07) is 6.52. The Balaban J connectivity index is 2.03. The zero-order valence-electron chi connectivity index (χ0n) is 14.9. The lowest BCUT2D eigenvalue weighted by atomic mass is 9.94. The van der Waals surface area contributed by atoms with Gasteiger partial charge in [-0.1, -0.05) is 31.4 Å². The summed E-state index contributed by atoms with van der Waals surface area (Å²) in [6.07, 6.45) is 5.48. The summed E-state index contributed by atoms with van der Waals surface area (Å²) < 4.78 is 17.8. The second-order valence-electron chi connectivity index (χ2n) is 6.42. The van der Waals surface area contributed by atoms with E-state index in [4.69, 9.17) is 4.74 Å². The van der Waals surface area contributed by atoms with Gasteiger partial charge < -0.3 is 9.64 Å². The van der Waals surface area contributed by atoms with Crippen molar-refractivity contribution < 1.29 is 18.7 Å². The van der Waals surface area contributed by atoms with E-state index in [9.17, 15) is 14.0 Å². The highest BCUT2D eigenvalue weighted by molar-refractivity contribution is 8.01. The molecular weight excluding hydrogens is 341 g/mol. The number of ether oxygens (including phenoxy) is 1. The third-order valence-electron chi connectivity index (χ3n) is 4.59. The average molecular weight is 367 g/mol. The van der Waals surface area contributed by atoms with Crippen molar-refractivity contribution in [2.45, 2.75) is 56.9 Å². The maximum Gasteiger partial charge on any atom is 0.318 e. The van der Waals surface area contributed by atoms with Crippen LogP contribution in [0.2, 0.25) is 0 Å². The standard InChI is InChI=1S/C19H26FNO3S/c1-14(19(23)24-2)25-13-18(22)21(17-6-4-3-5-7-17)12-15-8-10-16(20)11-9-15/h8-11,14,17H,3-7,12-13H2,1-2H3. The van der Waals surface area contributed by atoms with Crippen LogP contribution in [0.5, 0.6) is 0 Å². The Hall–Kier alpha value is -1.56. The van der Waals surface area contributed by atoms with Gasteiger partial charge in [0.25, 0.3) is 0 Å². The normalized spacial score (nSPS) is 16.3. The number of carbonyl (C=O) groups is 2. The second-order valence-corrected chi connectivity index (χ2v) is 7.75. The fourth-order valence-corrected chi connectivity index (χ4v) is 3.90. The molecule has 1 amide bonds. The number of halogens is 1. The molecule has 0 heterocycles. The molecule has 0 aromatic heterocycles. The van der Waals surface area contributed by atoms with Crippen LogP contribution in [0, 0.1) is 5.82 Å². The van der Waals surface area contributed by atoms with Gasteiger partial charge in [0.05, 0.1) is 12.9 Å². The first kappa shape index (κ1) is 19.8. The van der Waals surface area contributed by atoms with Gasteiger partial charge in [0.1, 0.15) is 11.1 Å². The van der Waals surface area contributed by atoms with Crippen molar-refractivity contribution in [2.24, 2.45) is 0 Å². The predicted molar refractivity (Wildman–Crippen MR) is 97.8 cm³/mol. The van der Waals surface area contributed by atoms with E-state index in [0.717, 1.165) is 31.2 Å². The lowest BCUT2D eigenvalue weighted by Gasteiger charge is -2.34. The largest absolute Gasteiger partial charge is 0.468 e. The first-order chi connectivity index (χ1) is 12.0. The molecule has 0 saturated heterocycles. The quantitative estimate of drug-likeness (QED) is 0.688. The zero-order valence-corrected chi connectivity index (χ0v) is 15.7. The van der Waals surface area contributed by atoms with E-state index < -0.39 is 0 Å². The monoisotopic (exact) mass is 367 g/mol. The topological polar surface area (TPSA) is 46.6 Å². The molecule has 1 saturated carbocycles. The molecule has 0 N–H and O–H groups in total. The first-order valence-electron chi connectivity index (χ1n) is 8.74. The Morgan fingerprint density at radius 2 is 1.88 bits per heavy atom. The van der Waals surface area contributed by atoms with Gasteiger partial charge >= 0.3 is 5.97 Å². The minimum atomic E-state index is -0.368. The molecule has 1 atom stereocenters. The molecular formula is C19H26FNO3S. The molecule has 25 heavy (non-hydrogen) atoms. The van der Waals surface area contributed by atoms with Crippen LogP contribution in [-0.4, -0.2) is 40.9 Å². The van der Waals surface area contributed by atoms with E-state index in [1.165, 1.54) is 37.4 Å². The molecule has 1 unspecified atom stereocenters. The zero-order chi connectivity index (χ0) is 18.2. The summed E-state index contributed by atoms with van der Waals surface area (Å²) in [5.41, 5.74) is 0.923. The lowest BCUT2D eigenvalue weighted by molar-refractivity contribution is -0.139. The van der Waals surface area contributed by atoms with Gasteiger partial charge in [-0.05, 0) is 37.5 Å². The van der Waals surface area contributed by atoms with Crippen LogP contribution in [0.3, 0.4) is 0 Å². The van der Waals surface area contributed by atoms with E-state index in [1.807, 2.05) is 4.90 Å². The van der Waals surface area contributed by atoms with Gasteiger partial charge in [-0.25, -0.2) is 4.39 Å². The number of methoxy groups -OCH3 is 1. The Labute approximate surface area is 153 Å². The molecule has 0 aliphatic heterocycles. The molecule has 138 valence electrons. The predicted octanol–water partition coefficient (Wildman–Crippen LogP) is 3.78. The number of hydrogen-bond donors (Lipinski definition) is 0. The molecule has 2 rings (SSSR count). The first-order valence-corrected chi connectivity index (χ1v) is 9.79. The maximum absolute atomic E-state index is 13.1. The average Bonchev–Trinajstić information content (AvgIpc) is 2.65. The van der Waals surface area contributed by atoms with Crippen LogP contribution in [0.15, 0.2) is 24.3 Å². The van der Waals surface area contributed by atoms with Gasteiger partial charge in [-0.2, -0.15) is 0 Å². The van der Waals surface area contributed by atoms with Crippen LogP contribution in [0.25, 0.3) is 0 Å². The third kappa shape index (κ3) is 6.03. The van der Waals surface area contributed by atoms with Crippen LogP contribution < -0.4 is 0 Å². The number of rotatable bonds is 7. The Bertz CT molecular complexity index is 573. The van der Waals surface area contributed by atoms with Crippen LogP contribution in [-0.2, 0) is 20.9 Å². The number of amides is 1. The van der Waals surface area contributed by atoms with Gasteiger partial charge in [0.2, 0.25) is 5.91 Å². The molecule has 6 heteroatoms. The van der Waals surface area contributed by atoms with Crippen molar-refractivity contribution >= 4 is 23.6 Å². The molecule has 0 radical (unpaired) electrons. The number of carbonyl (C=O) groups excluding carboxylic acids is 2. The maximum atomic E-state index is 13.1. The van der Waals surface area contributed by atoms with Crippen molar-refractivity contribution in [1.82, 2.24) is 4.90 Å². The van der Waals surface area contributed by atoms with Crippen molar-refractivity contribution in [3.63, 3.8) is 0 Å². The summed E-state index contributed by atoms with van der Waals surface area (Å²) >= 11 is 1.30. The van der Waals surface area contributed by atoms with Crippen LogP contribution in [0.1, 0.15) is 44.6 Å². The number of esters is 1. The van der Waals surface area contributed by atoms with Gasteiger partial charge in [-0.3, -0.25) is 9.59 Å². The number of hydrogen-bond acceptors (Lipinski definition) is 4. The molecule has 0 bridgehead atoms. The number of nitrogens with zero attached hydrogens (tertiary/aromatic N) is 1. The van der Waals surface area contributed by atoms with E-state index in [1.54, 1.807) is 19.1 Å². The highest BCUT2D eigenvalue weighted by Crippen LogP contribution is 2.25. The van der Waals surface area contributed by atoms with Gasteiger partial charge in [-0.15, -0.1) is 11.8 Å². The number of benzene rings is 1. The summed E-state index contributed by atoms with van der Waals surface area (Å²) in [5.74, 6) is -0.326. The minimum absolute atomic E-state index is 0.0250. The summed E-state index contributed by atoms with van der Waals surface area (Å²) in [7, 11) is 1.35. The fraction of sp³-hybridized carbons (Fsp3) is 0.579. The number of thioether (sulfide) groups is 1. The molecule has 4 nitrogen and oxygen atoms in total. The molecule has 1 fully saturated rings. The van der Waals surface area contributed by atoms with E-state index in [2.05, 4.69) is 0 Å². The lowest BCUT2D eigenvalue weighted by Crippen LogP contribution is -2.42. The van der Waals surface area contributed by atoms with Crippen molar-refractivity contribution in [2.75, 3.05) is 12.9 Å². The Morgan fingerprint density at radius 1 is 1.24 bits per heavy atom. The van der Waals surface area contributed by atoms with E-state index in [0.29, 0.717) is 6.54 Å². The van der Waals surface area contributed by atoms with Crippen LogP contribution in [0.4, 0.5) is 4.39 Å². The van der Waals surface area contributed by atoms with E-state index in [-0.39, 0.29) is 34.7 Å². The van der Waals surface area contributed by atoms with Gasteiger partial charge in [0.15, 0.2) is 0 Å². The SMILES string of the molecule is COC(=O)C(C)SCC(=O)N(Cc1ccc(F)cc1)C1CCCCC1. The molecule has 1 aliphatic rings. The summed E-state index contributed by atoms with van der Waals surface area (Å²) in [4.78, 5) is 26.2. The van der Waals surface area contributed by atoms with E-state index >= 15 is 0 Å². The van der Waals surface area contributed by atoms with Crippen molar-refractivity contribution in [3.05, 3.63) is 35.6 Å². The fourth-order valence-electron chi connectivity index (χ4n) is 3.11. The van der Waals surface area contributed by atoms with Crippen molar-refractivity contribution in [1.29, 1.82) is 0 Å². The third-order valence-corrected chi connectivity index (χ3v) is 5.70. The minimum Gasteiger partial charge on any atom is -0.468 e. The van der Waals surface area contributed by atoms with Gasteiger partial charge in [0, 0.05) is 12.6 Å². The van der Waals surface area contributed by atoms with Crippen LogP contribution >= 0.6 is 11.8 Å². The molecule has 1 aromatic carbocycles. The van der Waals surface area contributed by atoms with Crippen molar-refractivity contribution in [3.8, 4) is 0 Å². The Morgan fingerprint density at radius 3 is 2.48 bits per heavy atom. The molecule has 0 spiro atoms. The highest BCUT2D eigenvalue weighted by Gasteiger charge is 2.26. The highest BCUT2D eigenvalue weighted by atomic mass is 32.2. The molecule has 1 aliphatic carbocycles. The summed E-state index contributed by atoms with van der Waals surface area (Å²) in [5, 5.41) is -0.368. The Kier molecular flexibility index (Phi) is 7.75. The molecule has 1 aromatic rings. The summed E-state index contributed by atoms with van der Waals surface area (Å²) in [6.45, 7) is 2.23. The smallest absolute Gasteiger partial charge is 0.318 e.